The number of halogens is 3. The molecule has 0 saturated heterocycles. The third-order valence-electron chi connectivity index (χ3n) is 3.19. The number of ether oxygens (including phenoxy) is 1. The molecule has 2 nitrogen and oxygen atoms in total. The van der Waals surface area contributed by atoms with E-state index in [4.69, 9.17) is 22.1 Å². The number of nitrogens with two attached hydrogens (primary N) is 1. The Hall–Kier alpha value is -1.10. The van der Waals surface area contributed by atoms with Crippen molar-refractivity contribution in [2.75, 3.05) is 0 Å². The number of hydrogen-bond acceptors (Lipinski definition) is 2. The number of benzene rings is 2. The maximum atomic E-state index is 13.2. The summed E-state index contributed by atoms with van der Waals surface area (Å²) in [7, 11) is 0. The van der Waals surface area contributed by atoms with Crippen molar-refractivity contribution in [3.05, 3.63) is 63.3 Å². The van der Waals surface area contributed by atoms with E-state index >= 15 is 0 Å². The summed E-state index contributed by atoms with van der Waals surface area (Å²) in [6.45, 7) is 2.00. The smallest absolute Gasteiger partial charge is 0.142 e. The van der Waals surface area contributed by atoms with Gasteiger partial charge >= 0.3 is 0 Å². The highest BCUT2D eigenvalue weighted by Crippen LogP contribution is 2.29. The zero-order valence-corrected chi connectivity index (χ0v) is 13.9. The van der Waals surface area contributed by atoms with Crippen LogP contribution in [0.4, 0.5) is 4.39 Å². The van der Waals surface area contributed by atoms with Gasteiger partial charge in [0.1, 0.15) is 17.7 Å². The number of rotatable bonds is 5. The molecule has 2 unspecified atom stereocenters. The lowest BCUT2D eigenvalue weighted by Crippen LogP contribution is -2.31. The van der Waals surface area contributed by atoms with E-state index in [-0.39, 0.29) is 17.2 Å². The molecule has 0 amide bonds. The molecule has 0 aliphatic rings. The van der Waals surface area contributed by atoms with Gasteiger partial charge in [-0.25, -0.2) is 4.39 Å². The second-order valence-electron chi connectivity index (χ2n) is 4.74. The average Bonchev–Trinajstić information content (AvgIpc) is 2.47. The minimum absolute atomic E-state index is 0.0329. The second kappa shape index (κ2) is 7.25. The van der Waals surface area contributed by atoms with Crippen molar-refractivity contribution < 1.29 is 9.13 Å². The maximum Gasteiger partial charge on any atom is 0.142 e. The summed E-state index contributed by atoms with van der Waals surface area (Å²) in [6, 6.07) is 11.9. The fourth-order valence-corrected chi connectivity index (χ4v) is 2.58. The van der Waals surface area contributed by atoms with E-state index in [1.807, 2.05) is 31.2 Å². The molecule has 0 bridgehead atoms. The van der Waals surface area contributed by atoms with Crippen LogP contribution in [0.1, 0.15) is 25.0 Å². The summed E-state index contributed by atoms with van der Waals surface area (Å²) in [6.07, 6.45) is 0.431. The standard InChI is InChI=1S/C16H16BrClFNO/c1-2-15(20)16(10-4-3-5-11(17)8-10)21-12-6-7-14(19)13(18)9-12/h3-9,15-16H,2,20H2,1H3. The molecule has 0 aliphatic heterocycles. The zero-order chi connectivity index (χ0) is 15.4. The van der Waals surface area contributed by atoms with Gasteiger partial charge in [-0.3, -0.25) is 0 Å². The molecule has 0 aliphatic carbocycles. The van der Waals surface area contributed by atoms with Crippen LogP contribution in [0.5, 0.6) is 5.75 Å². The van der Waals surface area contributed by atoms with Gasteiger partial charge in [0.05, 0.1) is 5.02 Å². The van der Waals surface area contributed by atoms with Crippen molar-refractivity contribution in [3.63, 3.8) is 0 Å². The molecule has 2 aromatic rings. The molecule has 5 heteroatoms. The van der Waals surface area contributed by atoms with Crippen molar-refractivity contribution in [2.24, 2.45) is 5.73 Å². The normalized spacial score (nSPS) is 13.8. The predicted octanol–water partition coefficient (Wildman–Crippen LogP) is 5.10. The Bertz CT molecular complexity index is 623. The van der Waals surface area contributed by atoms with E-state index in [2.05, 4.69) is 15.9 Å². The lowest BCUT2D eigenvalue weighted by atomic mass is 10.0. The van der Waals surface area contributed by atoms with Crippen LogP contribution in [-0.2, 0) is 0 Å². The summed E-state index contributed by atoms with van der Waals surface area (Å²) >= 11 is 9.23. The molecular formula is C16H16BrClFNO. The highest BCUT2D eigenvalue weighted by molar-refractivity contribution is 9.10. The fourth-order valence-electron chi connectivity index (χ4n) is 2.00. The molecule has 2 N–H and O–H groups in total. The van der Waals surface area contributed by atoms with Gasteiger partial charge in [0, 0.05) is 16.6 Å². The monoisotopic (exact) mass is 371 g/mol. The quantitative estimate of drug-likeness (QED) is 0.792. The van der Waals surface area contributed by atoms with Crippen LogP contribution in [0.2, 0.25) is 5.02 Å². The van der Waals surface area contributed by atoms with Crippen LogP contribution in [0, 0.1) is 5.82 Å². The van der Waals surface area contributed by atoms with Crippen LogP contribution in [0.3, 0.4) is 0 Å². The van der Waals surface area contributed by atoms with E-state index in [0.717, 1.165) is 16.5 Å². The van der Waals surface area contributed by atoms with Crippen molar-refractivity contribution in [1.29, 1.82) is 0 Å². The van der Waals surface area contributed by atoms with Crippen molar-refractivity contribution >= 4 is 27.5 Å². The molecule has 0 spiro atoms. The van der Waals surface area contributed by atoms with E-state index in [1.54, 1.807) is 6.07 Å². The first kappa shape index (κ1) is 16.3. The van der Waals surface area contributed by atoms with Gasteiger partial charge in [-0.15, -0.1) is 0 Å². The van der Waals surface area contributed by atoms with Gasteiger partial charge in [0.25, 0.3) is 0 Å². The predicted molar refractivity (Wildman–Crippen MR) is 87.2 cm³/mol. The molecule has 2 rings (SSSR count). The fraction of sp³-hybridized carbons (Fsp3) is 0.250. The van der Waals surface area contributed by atoms with Gasteiger partial charge < -0.3 is 10.5 Å². The molecule has 2 atom stereocenters. The van der Waals surface area contributed by atoms with E-state index in [1.165, 1.54) is 12.1 Å². The van der Waals surface area contributed by atoms with Crippen LogP contribution < -0.4 is 10.5 Å². The van der Waals surface area contributed by atoms with Crippen molar-refractivity contribution in [3.8, 4) is 5.75 Å². The Labute approximate surface area is 137 Å². The van der Waals surface area contributed by atoms with Crippen LogP contribution in [-0.4, -0.2) is 6.04 Å². The zero-order valence-electron chi connectivity index (χ0n) is 11.5. The first-order valence-electron chi connectivity index (χ1n) is 6.64. The molecule has 112 valence electrons. The van der Waals surface area contributed by atoms with Gasteiger partial charge in [-0.1, -0.05) is 46.6 Å². The van der Waals surface area contributed by atoms with Crippen molar-refractivity contribution in [1.82, 2.24) is 0 Å². The Balaban J connectivity index is 2.30. The Morgan fingerprint density at radius 3 is 2.67 bits per heavy atom. The van der Waals surface area contributed by atoms with Crippen LogP contribution >= 0.6 is 27.5 Å². The largest absolute Gasteiger partial charge is 0.484 e. The van der Waals surface area contributed by atoms with Crippen molar-refractivity contribution in [2.45, 2.75) is 25.5 Å². The van der Waals surface area contributed by atoms with Crippen LogP contribution in [0.15, 0.2) is 46.9 Å². The Morgan fingerprint density at radius 2 is 2.05 bits per heavy atom. The summed E-state index contributed by atoms with van der Waals surface area (Å²) in [4.78, 5) is 0. The molecule has 2 aromatic carbocycles. The highest BCUT2D eigenvalue weighted by atomic mass is 79.9. The number of hydrogen-bond donors (Lipinski definition) is 1. The lowest BCUT2D eigenvalue weighted by Gasteiger charge is -2.25. The highest BCUT2D eigenvalue weighted by Gasteiger charge is 2.21. The van der Waals surface area contributed by atoms with E-state index in [0.29, 0.717) is 5.75 Å². The maximum absolute atomic E-state index is 13.2. The van der Waals surface area contributed by atoms with Gasteiger partial charge in [-0.05, 0) is 36.2 Å². The average molecular weight is 373 g/mol. The molecule has 0 heterocycles. The third-order valence-corrected chi connectivity index (χ3v) is 3.97. The molecule has 0 fully saturated rings. The lowest BCUT2D eigenvalue weighted by molar-refractivity contribution is 0.171. The molecule has 0 aromatic heterocycles. The molecular weight excluding hydrogens is 357 g/mol. The van der Waals surface area contributed by atoms with Crippen LogP contribution in [0.25, 0.3) is 0 Å². The Kier molecular flexibility index (Phi) is 5.62. The second-order valence-corrected chi connectivity index (χ2v) is 6.06. The molecule has 0 radical (unpaired) electrons. The van der Waals surface area contributed by atoms with Gasteiger partial charge in [0.2, 0.25) is 0 Å². The van der Waals surface area contributed by atoms with E-state index in [9.17, 15) is 4.39 Å². The minimum Gasteiger partial charge on any atom is -0.484 e. The first-order chi connectivity index (χ1) is 10.0. The third kappa shape index (κ3) is 4.19. The Morgan fingerprint density at radius 1 is 1.29 bits per heavy atom. The molecule has 21 heavy (non-hydrogen) atoms. The topological polar surface area (TPSA) is 35.2 Å². The SMILES string of the molecule is CCC(N)C(Oc1ccc(F)c(Cl)c1)c1cccc(Br)c1. The van der Waals surface area contributed by atoms with Gasteiger partial charge in [0.15, 0.2) is 0 Å². The summed E-state index contributed by atoms with van der Waals surface area (Å²) in [5.74, 6) is 0.0260. The summed E-state index contributed by atoms with van der Waals surface area (Å²) < 4.78 is 20.1. The minimum atomic E-state index is -0.470. The summed E-state index contributed by atoms with van der Waals surface area (Å²) in [5.41, 5.74) is 7.13. The van der Waals surface area contributed by atoms with E-state index < -0.39 is 5.82 Å². The first-order valence-corrected chi connectivity index (χ1v) is 7.81. The van der Waals surface area contributed by atoms with Gasteiger partial charge in [-0.2, -0.15) is 0 Å². The molecule has 0 saturated carbocycles. The summed E-state index contributed by atoms with van der Waals surface area (Å²) in [5, 5.41) is 0.0329.